The maximum Gasteiger partial charge on any atom is 0.220 e. The second kappa shape index (κ2) is 9.06. The van der Waals surface area contributed by atoms with Gasteiger partial charge in [-0.15, -0.1) is 0 Å². The third-order valence-corrected chi connectivity index (χ3v) is 3.84. The van der Waals surface area contributed by atoms with E-state index in [9.17, 15) is 4.79 Å². The minimum absolute atomic E-state index is 0.00803. The predicted octanol–water partition coefficient (Wildman–Crippen LogP) is 3.92. The molecule has 0 aliphatic rings. The Hall–Kier alpha value is -1.06. The van der Waals surface area contributed by atoms with Crippen LogP contribution in [0.3, 0.4) is 0 Å². The fraction of sp³-hybridized carbons (Fsp3) is 0.588. The number of nitrogens with two attached hydrogens (primary N) is 1. The van der Waals surface area contributed by atoms with Crippen LogP contribution in [0.5, 0.6) is 0 Å². The summed E-state index contributed by atoms with van der Waals surface area (Å²) in [6.45, 7) is 6.92. The van der Waals surface area contributed by atoms with Crippen molar-refractivity contribution in [1.29, 1.82) is 0 Å². The molecule has 0 aliphatic heterocycles. The summed E-state index contributed by atoms with van der Waals surface area (Å²) in [6.07, 6.45) is 2.31. The zero-order valence-corrected chi connectivity index (χ0v) is 14.0. The highest BCUT2D eigenvalue weighted by molar-refractivity contribution is 6.30. The highest BCUT2D eigenvalue weighted by Crippen LogP contribution is 2.21. The zero-order valence-electron chi connectivity index (χ0n) is 13.2. The summed E-state index contributed by atoms with van der Waals surface area (Å²) >= 11 is 6.02. The van der Waals surface area contributed by atoms with Gasteiger partial charge in [0.2, 0.25) is 5.91 Å². The number of amides is 1. The largest absolute Gasteiger partial charge is 0.349 e. The summed E-state index contributed by atoms with van der Waals surface area (Å²) in [5.41, 5.74) is 6.81. The van der Waals surface area contributed by atoms with Gasteiger partial charge >= 0.3 is 0 Å². The summed E-state index contributed by atoms with van der Waals surface area (Å²) in [5, 5.41) is 3.79. The molecule has 1 aromatic carbocycles. The first-order valence-electron chi connectivity index (χ1n) is 7.71. The Morgan fingerprint density at radius 1 is 1.38 bits per heavy atom. The Morgan fingerprint density at radius 2 is 2.10 bits per heavy atom. The summed E-state index contributed by atoms with van der Waals surface area (Å²) in [4.78, 5) is 12.2. The molecule has 0 saturated carbocycles. The van der Waals surface area contributed by atoms with E-state index in [0.29, 0.717) is 23.9 Å². The molecule has 21 heavy (non-hydrogen) atoms. The number of hydrogen-bond donors (Lipinski definition) is 2. The number of carbonyl (C=O) groups is 1. The lowest BCUT2D eigenvalue weighted by atomic mass is 9.93. The summed E-state index contributed by atoms with van der Waals surface area (Å²) in [6, 6.07) is 7.66. The topological polar surface area (TPSA) is 55.1 Å². The quantitative estimate of drug-likeness (QED) is 0.764. The van der Waals surface area contributed by atoms with Gasteiger partial charge in [0.25, 0.3) is 0 Å². The van der Waals surface area contributed by atoms with Gasteiger partial charge in [0.05, 0.1) is 6.04 Å². The molecule has 4 heteroatoms. The molecule has 0 saturated heterocycles. The van der Waals surface area contributed by atoms with Gasteiger partial charge in [-0.25, -0.2) is 0 Å². The molecule has 0 radical (unpaired) electrons. The number of carbonyl (C=O) groups excluding carboxylic acids is 1. The van der Waals surface area contributed by atoms with Gasteiger partial charge in [-0.1, -0.05) is 44.5 Å². The lowest BCUT2D eigenvalue weighted by molar-refractivity contribution is -0.122. The lowest BCUT2D eigenvalue weighted by Crippen LogP contribution is -2.31. The van der Waals surface area contributed by atoms with E-state index in [1.165, 1.54) is 0 Å². The molecule has 1 rings (SSSR count). The minimum Gasteiger partial charge on any atom is -0.349 e. The number of hydrogen-bond acceptors (Lipinski definition) is 2. The smallest absolute Gasteiger partial charge is 0.220 e. The average Bonchev–Trinajstić information content (AvgIpc) is 2.43. The van der Waals surface area contributed by atoms with E-state index in [2.05, 4.69) is 26.1 Å². The number of rotatable bonds is 8. The molecule has 0 spiro atoms. The standard InChI is InChI=1S/C17H27ClN2O/c1-4-16(14-6-5-7-15(18)10-14)20-17(21)9-13(11-19)8-12(2)3/h5-7,10,12-13,16H,4,8-9,11,19H2,1-3H3,(H,20,21). The van der Waals surface area contributed by atoms with Crippen LogP contribution in [0.2, 0.25) is 5.02 Å². The average molecular weight is 311 g/mol. The van der Waals surface area contributed by atoms with E-state index < -0.39 is 0 Å². The molecule has 3 N–H and O–H groups in total. The Balaban J connectivity index is 2.62. The van der Waals surface area contributed by atoms with Crippen LogP contribution < -0.4 is 11.1 Å². The van der Waals surface area contributed by atoms with E-state index in [4.69, 9.17) is 17.3 Å². The number of benzene rings is 1. The first-order chi connectivity index (χ1) is 9.96. The number of halogens is 1. The molecule has 0 heterocycles. The van der Waals surface area contributed by atoms with Crippen LogP contribution in [0.15, 0.2) is 24.3 Å². The van der Waals surface area contributed by atoms with E-state index >= 15 is 0 Å². The summed E-state index contributed by atoms with van der Waals surface area (Å²) in [5.74, 6) is 0.876. The Labute approximate surface area is 133 Å². The van der Waals surface area contributed by atoms with Crippen molar-refractivity contribution in [2.24, 2.45) is 17.6 Å². The zero-order chi connectivity index (χ0) is 15.8. The Bertz CT molecular complexity index is 448. The van der Waals surface area contributed by atoms with Crippen molar-refractivity contribution < 1.29 is 4.79 Å². The van der Waals surface area contributed by atoms with Gasteiger partial charge in [0.15, 0.2) is 0 Å². The van der Waals surface area contributed by atoms with Crippen molar-refractivity contribution in [2.75, 3.05) is 6.54 Å². The minimum atomic E-state index is 0.00803. The van der Waals surface area contributed by atoms with E-state index in [1.807, 2.05) is 24.3 Å². The second-order valence-corrected chi connectivity index (χ2v) is 6.46. The summed E-state index contributed by atoms with van der Waals surface area (Å²) < 4.78 is 0. The van der Waals surface area contributed by atoms with Crippen molar-refractivity contribution in [3.05, 3.63) is 34.9 Å². The van der Waals surface area contributed by atoms with Crippen LogP contribution >= 0.6 is 11.6 Å². The fourth-order valence-electron chi connectivity index (χ4n) is 2.59. The molecule has 0 aromatic heterocycles. The second-order valence-electron chi connectivity index (χ2n) is 6.02. The third kappa shape index (κ3) is 6.49. The summed E-state index contributed by atoms with van der Waals surface area (Å²) in [7, 11) is 0. The fourth-order valence-corrected chi connectivity index (χ4v) is 2.79. The highest BCUT2D eigenvalue weighted by atomic mass is 35.5. The maximum atomic E-state index is 12.2. The van der Waals surface area contributed by atoms with E-state index in [1.54, 1.807) is 0 Å². The van der Waals surface area contributed by atoms with Crippen molar-refractivity contribution in [3.63, 3.8) is 0 Å². The third-order valence-electron chi connectivity index (χ3n) is 3.61. The monoisotopic (exact) mass is 310 g/mol. The maximum absolute atomic E-state index is 12.2. The van der Waals surface area contributed by atoms with Gasteiger partial charge in [-0.3, -0.25) is 4.79 Å². The van der Waals surface area contributed by atoms with Crippen molar-refractivity contribution in [1.82, 2.24) is 5.32 Å². The predicted molar refractivity (Wildman–Crippen MR) is 89.2 cm³/mol. The van der Waals surface area contributed by atoms with Gasteiger partial charge in [0.1, 0.15) is 0 Å². The first-order valence-corrected chi connectivity index (χ1v) is 8.08. The van der Waals surface area contributed by atoms with Crippen molar-refractivity contribution in [3.8, 4) is 0 Å². The molecule has 3 nitrogen and oxygen atoms in total. The molecular formula is C17H27ClN2O. The molecule has 0 aliphatic carbocycles. The van der Waals surface area contributed by atoms with Crippen LogP contribution in [0.4, 0.5) is 0 Å². The first kappa shape index (κ1) is 18.0. The molecule has 0 fully saturated rings. The number of nitrogens with one attached hydrogen (secondary N) is 1. The van der Waals surface area contributed by atoms with Crippen LogP contribution in [0.1, 0.15) is 51.6 Å². The van der Waals surface area contributed by atoms with Gasteiger partial charge in [-0.2, -0.15) is 0 Å². The normalized spacial score (nSPS) is 14.0. The molecule has 1 aromatic rings. The molecule has 2 atom stereocenters. The van der Waals surface area contributed by atoms with Crippen molar-refractivity contribution >= 4 is 17.5 Å². The molecule has 118 valence electrons. The lowest BCUT2D eigenvalue weighted by Gasteiger charge is -2.21. The highest BCUT2D eigenvalue weighted by Gasteiger charge is 2.17. The van der Waals surface area contributed by atoms with Gasteiger partial charge in [-0.05, 0) is 48.9 Å². The van der Waals surface area contributed by atoms with Crippen LogP contribution in [-0.2, 0) is 4.79 Å². The molecular weight excluding hydrogens is 284 g/mol. The van der Waals surface area contributed by atoms with Gasteiger partial charge < -0.3 is 11.1 Å². The van der Waals surface area contributed by atoms with E-state index in [-0.39, 0.29) is 17.9 Å². The van der Waals surface area contributed by atoms with Gasteiger partial charge in [0, 0.05) is 11.4 Å². The molecule has 1 amide bonds. The van der Waals surface area contributed by atoms with Crippen LogP contribution in [-0.4, -0.2) is 12.5 Å². The molecule has 0 bridgehead atoms. The van der Waals surface area contributed by atoms with Crippen molar-refractivity contribution in [2.45, 2.75) is 46.1 Å². The Morgan fingerprint density at radius 3 is 2.62 bits per heavy atom. The SMILES string of the molecule is CCC(NC(=O)CC(CN)CC(C)C)c1cccc(Cl)c1. The van der Waals surface area contributed by atoms with Crippen LogP contribution in [0, 0.1) is 11.8 Å². The Kier molecular flexibility index (Phi) is 7.76. The molecule has 2 unspecified atom stereocenters. The van der Waals surface area contributed by atoms with E-state index in [0.717, 1.165) is 18.4 Å². The van der Waals surface area contributed by atoms with Crippen LogP contribution in [0.25, 0.3) is 0 Å².